The predicted molar refractivity (Wildman–Crippen MR) is 68.5 cm³/mol. The summed E-state index contributed by atoms with van der Waals surface area (Å²) >= 11 is 5.85. The molecule has 0 spiro atoms. The van der Waals surface area contributed by atoms with Crippen LogP contribution in [-0.2, 0) is 9.53 Å². The highest BCUT2D eigenvalue weighted by Gasteiger charge is 2.14. The van der Waals surface area contributed by atoms with Gasteiger partial charge >= 0.3 is 0 Å². The fourth-order valence-corrected chi connectivity index (χ4v) is 2.10. The summed E-state index contributed by atoms with van der Waals surface area (Å²) in [4.78, 5) is 12.8. The van der Waals surface area contributed by atoms with E-state index >= 15 is 0 Å². The second-order valence-electron chi connectivity index (χ2n) is 3.95. The number of anilines is 2. The van der Waals surface area contributed by atoms with Gasteiger partial charge in [-0.25, -0.2) is 0 Å². The molecule has 1 atom stereocenters. The van der Waals surface area contributed by atoms with Crippen molar-refractivity contribution in [3.63, 3.8) is 0 Å². The number of alkyl halides is 1. The molecule has 0 aromatic heterocycles. The van der Waals surface area contributed by atoms with Crippen molar-refractivity contribution >= 4 is 29.3 Å². The predicted octanol–water partition coefficient (Wildman–Crippen LogP) is 1.58. The van der Waals surface area contributed by atoms with Gasteiger partial charge in [0, 0.05) is 30.0 Å². The zero-order valence-corrected chi connectivity index (χ0v) is 10.2. The first-order valence-electron chi connectivity index (χ1n) is 5.54. The summed E-state index contributed by atoms with van der Waals surface area (Å²) in [6.45, 7) is 3.18. The first-order valence-corrected chi connectivity index (χ1v) is 5.97. The van der Waals surface area contributed by atoms with Crippen LogP contribution in [-0.4, -0.2) is 32.6 Å². The summed E-state index contributed by atoms with van der Waals surface area (Å²) in [5.41, 5.74) is 8.17. The Bertz CT molecular complexity index is 405. The molecule has 2 rings (SSSR count). The summed E-state index contributed by atoms with van der Waals surface area (Å²) in [5, 5.41) is -0.672. The SMILES string of the molecule is Nc1cc(N2CCOCC2)ccc1C(Cl)C=O. The summed E-state index contributed by atoms with van der Waals surface area (Å²) < 4.78 is 5.29. The van der Waals surface area contributed by atoms with Crippen molar-refractivity contribution in [2.75, 3.05) is 36.9 Å². The minimum Gasteiger partial charge on any atom is -0.398 e. The van der Waals surface area contributed by atoms with Gasteiger partial charge in [-0.15, -0.1) is 11.6 Å². The van der Waals surface area contributed by atoms with Crippen LogP contribution in [0.25, 0.3) is 0 Å². The normalized spacial score (nSPS) is 17.8. The molecule has 0 amide bonds. The third-order valence-electron chi connectivity index (χ3n) is 2.86. The van der Waals surface area contributed by atoms with Crippen molar-refractivity contribution in [1.29, 1.82) is 0 Å². The molecule has 1 saturated heterocycles. The number of rotatable bonds is 3. The molecule has 1 aliphatic heterocycles. The number of morpholine rings is 1. The van der Waals surface area contributed by atoms with Gasteiger partial charge in [-0.1, -0.05) is 6.07 Å². The Morgan fingerprint density at radius 1 is 1.41 bits per heavy atom. The van der Waals surface area contributed by atoms with Crippen LogP contribution in [0.1, 0.15) is 10.9 Å². The lowest BCUT2D eigenvalue weighted by atomic mass is 10.1. The number of benzene rings is 1. The average Bonchev–Trinajstić information content (AvgIpc) is 2.39. The molecule has 1 fully saturated rings. The lowest BCUT2D eigenvalue weighted by molar-refractivity contribution is -0.107. The van der Waals surface area contributed by atoms with E-state index in [2.05, 4.69) is 4.90 Å². The number of hydrogen-bond donors (Lipinski definition) is 1. The van der Waals surface area contributed by atoms with Crippen LogP contribution < -0.4 is 10.6 Å². The third-order valence-corrected chi connectivity index (χ3v) is 3.20. The van der Waals surface area contributed by atoms with E-state index in [1.807, 2.05) is 18.2 Å². The second-order valence-corrected chi connectivity index (χ2v) is 4.42. The number of nitrogen functional groups attached to an aromatic ring is 1. The van der Waals surface area contributed by atoms with Crippen LogP contribution in [0.15, 0.2) is 18.2 Å². The molecular formula is C12H15ClN2O2. The van der Waals surface area contributed by atoms with Gasteiger partial charge < -0.3 is 20.2 Å². The topological polar surface area (TPSA) is 55.6 Å². The smallest absolute Gasteiger partial charge is 0.142 e. The number of carbonyl (C=O) groups excluding carboxylic acids is 1. The van der Waals surface area contributed by atoms with E-state index < -0.39 is 5.38 Å². The van der Waals surface area contributed by atoms with Crippen molar-refractivity contribution in [3.05, 3.63) is 23.8 Å². The van der Waals surface area contributed by atoms with Gasteiger partial charge in [0.25, 0.3) is 0 Å². The number of nitrogens with two attached hydrogens (primary N) is 1. The molecule has 5 heteroatoms. The zero-order chi connectivity index (χ0) is 12.3. The van der Waals surface area contributed by atoms with Gasteiger partial charge in [-0.3, -0.25) is 0 Å². The number of hydrogen-bond acceptors (Lipinski definition) is 4. The van der Waals surface area contributed by atoms with Gasteiger partial charge in [0.15, 0.2) is 0 Å². The van der Waals surface area contributed by atoms with Crippen LogP contribution in [0.3, 0.4) is 0 Å². The van der Waals surface area contributed by atoms with Crippen molar-refractivity contribution in [2.45, 2.75) is 5.38 Å². The standard InChI is InChI=1S/C12H15ClN2O2/c13-11(8-16)10-2-1-9(7-12(10)14)15-3-5-17-6-4-15/h1-2,7-8,11H,3-6,14H2. The maximum Gasteiger partial charge on any atom is 0.142 e. The number of aldehydes is 1. The Labute approximate surface area is 105 Å². The summed E-state index contributed by atoms with van der Waals surface area (Å²) in [5.74, 6) is 0. The monoisotopic (exact) mass is 254 g/mol. The van der Waals surface area contributed by atoms with E-state index in [0.29, 0.717) is 17.5 Å². The highest BCUT2D eigenvalue weighted by Crippen LogP contribution is 2.28. The summed E-state index contributed by atoms with van der Waals surface area (Å²) in [7, 11) is 0. The fraction of sp³-hybridized carbons (Fsp3) is 0.417. The molecule has 2 N–H and O–H groups in total. The van der Waals surface area contributed by atoms with Crippen molar-refractivity contribution in [1.82, 2.24) is 0 Å². The van der Waals surface area contributed by atoms with Crippen LogP contribution in [0.5, 0.6) is 0 Å². The summed E-state index contributed by atoms with van der Waals surface area (Å²) in [6, 6.07) is 5.61. The molecular weight excluding hydrogens is 240 g/mol. The Hall–Kier alpha value is -1.26. The van der Waals surface area contributed by atoms with E-state index in [-0.39, 0.29) is 0 Å². The largest absolute Gasteiger partial charge is 0.398 e. The molecule has 1 aromatic rings. The average molecular weight is 255 g/mol. The van der Waals surface area contributed by atoms with Gasteiger partial charge in [-0.05, 0) is 12.1 Å². The van der Waals surface area contributed by atoms with Gasteiger partial charge in [0.2, 0.25) is 0 Å². The van der Waals surface area contributed by atoms with Crippen molar-refractivity contribution in [3.8, 4) is 0 Å². The van der Waals surface area contributed by atoms with E-state index in [9.17, 15) is 4.79 Å². The molecule has 92 valence electrons. The van der Waals surface area contributed by atoms with Crippen LogP contribution >= 0.6 is 11.6 Å². The number of carbonyl (C=O) groups is 1. The van der Waals surface area contributed by atoms with Gasteiger partial charge in [0.1, 0.15) is 11.7 Å². The minimum atomic E-state index is -0.672. The minimum absolute atomic E-state index is 0.557. The molecule has 1 aliphatic rings. The maximum absolute atomic E-state index is 10.6. The molecule has 0 aliphatic carbocycles. The van der Waals surface area contributed by atoms with Crippen LogP contribution in [0, 0.1) is 0 Å². The Kier molecular flexibility index (Phi) is 3.86. The first kappa shape index (κ1) is 12.2. The van der Waals surface area contributed by atoms with Crippen molar-refractivity contribution in [2.24, 2.45) is 0 Å². The number of nitrogens with zero attached hydrogens (tertiary/aromatic N) is 1. The highest BCUT2D eigenvalue weighted by molar-refractivity contribution is 6.28. The van der Waals surface area contributed by atoms with Crippen LogP contribution in [0.2, 0.25) is 0 Å². The van der Waals surface area contributed by atoms with E-state index in [0.717, 1.165) is 32.0 Å². The highest BCUT2D eigenvalue weighted by atomic mass is 35.5. The summed E-state index contributed by atoms with van der Waals surface area (Å²) in [6.07, 6.45) is 0.682. The molecule has 17 heavy (non-hydrogen) atoms. The van der Waals surface area contributed by atoms with E-state index in [1.54, 1.807) is 0 Å². The van der Waals surface area contributed by atoms with Gasteiger partial charge in [0.05, 0.1) is 13.2 Å². The number of halogens is 1. The maximum atomic E-state index is 10.6. The molecule has 1 heterocycles. The third kappa shape index (κ3) is 2.70. The van der Waals surface area contributed by atoms with E-state index in [4.69, 9.17) is 22.1 Å². The Morgan fingerprint density at radius 2 is 2.12 bits per heavy atom. The second kappa shape index (κ2) is 5.38. The van der Waals surface area contributed by atoms with E-state index in [1.165, 1.54) is 0 Å². The van der Waals surface area contributed by atoms with Gasteiger partial charge in [-0.2, -0.15) is 0 Å². The molecule has 0 bridgehead atoms. The Morgan fingerprint density at radius 3 is 2.71 bits per heavy atom. The quantitative estimate of drug-likeness (QED) is 0.506. The fourth-order valence-electron chi connectivity index (χ4n) is 1.90. The zero-order valence-electron chi connectivity index (χ0n) is 9.43. The first-order chi connectivity index (χ1) is 8.22. The molecule has 1 unspecified atom stereocenters. The Balaban J connectivity index is 2.20. The lowest BCUT2D eigenvalue weighted by Crippen LogP contribution is -2.36. The molecule has 0 saturated carbocycles. The van der Waals surface area contributed by atoms with Crippen molar-refractivity contribution < 1.29 is 9.53 Å². The molecule has 1 aromatic carbocycles. The molecule has 4 nitrogen and oxygen atoms in total. The van der Waals surface area contributed by atoms with Crippen LogP contribution in [0.4, 0.5) is 11.4 Å². The lowest BCUT2D eigenvalue weighted by Gasteiger charge is -2.29. The number of ether oxygens (including phenoxy) is 1. The molecule has 0 radical (unpaired) electrons.